The van der Waals surface area contributed by atoms with Crippen LogP contribution in [0.1, 0.15) is 12.6 Å². The van der Waals surface area contributed by atoms with Crippen LogP contribution in [0.25, 0.3) is 0 Å². The standard InChI is InChI=1S/C9H14N2O/c1-7(10)9(12)6-8-4-2-3-5-11-8/h2-5,7,9,12H,6,10H2,1H3. The van der Waals surface area contributed by atoms with Gasteiger partial charge in [-0.2, -0.15) is 0 Å². The Morgan fingerprint density at radius 3 is 2.83 bits per heavy atom. The quantitative estimate of drug-likeness (QED) is 0.680. The van der Waals surface area contributed by atoms with Gasteiger partial charge < -0.3 is 10.8 Å². The minimum atomic E-state index is -0.500. The molecule has 0 aliphatic heterocycles. The molecule has 1 aromatic heterocycles. The molecule has 0 bridgehead atoms. The van der Waals surface area contributed by atoms with Gasteiger partial charge in [0.1, 0.15) is 0 Å². The SMILES string of the molecule is CC(N)C(O)Cc1ccccn1. The van der Waals surface area contributed by atoms with E-state index in [2.05, 4.69) is 4.98 Å². The van der Waals surface area contributed by atoms with Crippen LogP contribution in [-0.2, 0) is 6.42 Å². The highest BCUT2D eigenvalue weighted by molar-refractivity contribution is 5.04. The zero-order valence-corrected chi connectivity index (χ0v) is 7.14. The van der Waals surface area contributed by atoms with E-state index in [0.717, 1.165) is 5.69 Å². The van der Waals surface area contributed by atoms with Gasteiger partial charge in [0.2, 0.25) is 0 Å². The molecule has 3 N–H and O–H groups in total. The van der Waals surface area contributed by atoms with Crippen molar-refractivity contribution < 1.29 is 5.11 Å². The van der Waals surface area contributed by atoms with Gasteiger partial charge >= 0.3 is 0 Å². The maximum absolute atomic E-state index is 9.41. The monoisotopic (exact) mass is 166 g/mol. The van der Waals surface area contributed by atoms with E-state index in [0.29, 0.717) is 6.42 Å². The van der Waals surface area contributed by atoms with E-state index in [4.69, 9.17) is 5.73 Å². The van der Waals surface area contributed by atoms with E-state index >= 15 is 0 Å². The third-order valence-corrected chi connectivity index (χ3v) is 1.75. The Balaban J connectivity index is 2.53. The predicted molar refractivity (Wildman–Crippen MR) is 47.6 cm³/mol. The first kappa shape index (κ1) is 9.16. The summed E-state index contributed by atoms with van der Waals surface area (Å²) in [5, 5.41) is 9.41. The summed E-state index contributed by atoms with van der Waals surface area (Å²) in [6.45, 7) is 1.79. The van der Waals surface area contributed by atoms with Crippen molar-refractivity contribution in [3.05, 3.63) is 30.1 Å². The molecule has 3 heteroatoms. The third-order valence-electron chi connectivity index (χ3n) is 1.75. The lowest BCUT2D eigenvalue weighted by molar-refractivity contribution is 0.150. The van der Waals surface area contributed by atoms with Gasteiger partial charge in [-0.05, 0) is 19.1 Å². The van der Waals surface area contributed by atoms with Crippen LogP contribution in [0.4, 0.5) is 0 Å². The van der Waals surface area contributed by atoms with Crippen molar-refractivity contribution in [1.82, 2.24) is 4.98 Å². The Kier molecular flexibility index (Phi) is 3.19. The van der Waals surface area contributed by atoms with Gasteiger partial charge in [0.25, 0.3) is 0 Å². The van der Waals surface area contributed by atoms with Crippen molar-refractivity contribution in [2.24, 2.45) is 5.73 Å². The third kappa shape index (κ3) is 2.60. The second kappa shape index (κ2) is 4.18. The molecule has 0 aliphatic carbocycles. The zero-order valence-electron chi connectivity index (χ0n) is 7.14. The number of hydrogen-bond acceptors (Lipinski definition) is 3. The van der Waals surface area contributed by atoms with Crippen molar-refractivity contribution in [2.45, 2.75) is 25.5 Å². The molecule has 2 unspecified atom stereocenters. The number of pyridine rings is 1. The van der Waals surface area contributed by atoms with Crippen molar-refractivity contribution >= 4 is 0 Å². The van der Waals surface area contributed by atoms with Gasteiger partial charge in [-0.25, -0.2) is 0 Å². The normalized spacial score (nSPS) is 15.6. The van der Waals surface area contributed by atoms with Crippen LogP contribution >= 0.6 is 0 Å². The molecule has 1 heterocycles. The fourth-order valence-corrected chi connectivity index (χ4v) is 0.919. The zero-order chi connectivity index (χ0) is 8.97. The lowest BCUT2D eigenvalue weighted by Gasteiger charge is -2.13. The molecule has 0 saturated carbocycles. The van der Waals surface area contributed by atoms with Crippen LogP contribution in [0.3, 0.4) is 0 Å². The first-order chi connectivity index (χ1) is 5.70. The Morgan fingerprint density at radius 1 is 1.58 bits per heavy atom. The van der Waals surface area contributed by atoms with Crippen LogP contribution in [-0.4, -0.2) is 22.2 Å². The first-order valence-corrected chi connectivity index (χ1v) is 4.03. The first-order valence-electron chi connectivity index (χ1n) is 4.03. The van der Waals surface area contributed by atoms with Gasteiger partial charge in [-0.15, -0.1) is 0 Å². The average Bonchev–Trinajstić information content (AvgIpc) is 2.06. The van der Waals surface area contributed by atoms with E-state index in [-0.39, 0.29) is 6.04 Å². The van der Waals surface area contributed by atoms with E-state index in [1.165, 1.54) is 0 Å². The molecule has 0 fully saturated rings. The number of aromatic nitrogens is 1. The Hall–Kier alpha value is -0.930. The molecule has 0 spiro atoms. The van der Waals surface area contributed by atoms with E-state index in [9.17, 15) is 5.11 Å². The van der Waals surface area contributed by atoms with E-state index < -0.39 is 6.10 Å². The fourth-order valence-electron chi connectivity index (χ4n) is 0.919. The highest BCUT2D eigenvalue weighted by atomic mass is 16.3. The van der Waals surface area contributed by atoms with Crippen LogP contribution < -0.4 is 5.73 Å². The van der Waals surface area contributed by atoms with Crippen molar-refractivity contribution in [3.8, 4) is 0 Å². The molecular formula is C9H14N2O. The summed E-state index contributed by atoms with van der Waals surface area (Å²) in [5.41, 5.74) is 6.38. The van der Waals surface area contributed by atoms with E-state index in [1.54, 1.807) is 13.1 Å². The van der Waals surface area contributed by atoms with Crippen molar-refractivity contribution in [2.75, 3.05) is 0 Å². The summed E-state index contributed by atoms with van der Waals surface area (Å²) < 4.78 is 0. The molecule has 0 radical (unpaired) electrons. The highest BCUT2D eigenvalue weighted by Gasteiger charge is 2.10. The summed E-state index contributed by atoms with van der Waals surface area (Å²) in [6.07, 6.45) is 1.74. The lowest BCUT2D eigenvalue weighted by Crippen LogP contribution is -2.33. The van der Waals surface area contributed by atoms with Gasteiger partial charge in [0.05, 0.1) is 6.10 Å². The molecule has 12 heavy (non-hydrogen) atoms. The highest BCUT2D eigenvalue weighted by Crippen LogP contribution is 2.00. The number of aliphatic hydroxyl groups excluding tert-OH is 1. The van der Waals surface area contributed by atoms with Crippen LogP contribution in [0.5, 0.6) is 0 Å². The largest absolute Gasteiger partial charge is 0.391 e. The number of aliphatic hydroxyl groups is 1. The summed E-state index contributed by atoms with van der Waals surface area (Å²) in [7, 11) is 0. The second-order valence-electron chi connectivity index (χ2n) is 2.95. The van der Waals surface area contributed by atoms with Crippen molar-refractivity contribution in [3.63, 3.8) is 0 Å². The Labute approximate surface area is 72.2 Å². The molecule has 0 aliphatic rings. The molecule has 1 rings (SSSR count). The lowest BCUT2D eigenvalue weighted by atomic mass is 10.1. The van der Waals surface area contributed by atoms with Gasteiger partial charge in [-0.3, -0.25) is 4.98 Å². The van der Waals surface area contributed by atoms with Gasteiger partial charge in [0.15, 0.2) is 0 Å². The molecule has 2 atom stereocenters. The minimum Gasteiger partial charge on any atom is -0.391 e. The van der Waals surface area contributed by atoms with Gasteiger partial charge in [-0.1, -0.05) is 6.07 Å². The molecular weight excluding hydrogens is 152 g/mol. The minimum absolute atomic E-state index is 0.202. The summed E-state index contributed by atoms with van der Waals surface area (Å²) >= 11 is 0. The molecule has 0 saturated heterocycles. The summed E-state index contributed by atoms with van der Waals surface area (Å²) in [4.78, 5) is 4.09. The molecule has 3 nitrogen and oxygen atoms in total. The smallest absolute Gasteiger partial charge is 0.0743 e. The average molecular weight is 166 g/mol. The fraction of sp³-hybridized carbons (Fsp3) is 0.444. The van der Waals surface area contributed by atoms with Gasteiger partial charge in [0, 0.05) is 24.4 Å². The van der Waals surface area contributed by atoms with Crippen LogP contribution in [0, 0.1) is 0 Å². The Morgan fingerprint density at radius 2 is 2.33 bits per heavy atom. The Bertz CT molecular complexity index is 223. The number of hydrogen-bond donors (Lipinski definition) is 2. The number of nitrogens with two attached hydrogens (primary N) is 1. The van der Waals surface area contributed by atoms with E-state index in [1.807, 2.05) is 18.2 Å². The predicted octanol–water partition coefficient (Wildman–Crippen LogP) is 0.332. The molecule has 1 aromatic rings. The number of nitrogens with zero attached hydrogens (tertiary/aromatic N) is 1. The van der Waals surface area contributed by atoms with Crippen molar-refractivity contribution in [1.29, 1.82) is 0 Å². The second-order valence-corrected chi connectivity index (χ2v) is 2.95. The van der Waals surface area contributed by atoms with Crippen LogP contribution in [0.15, 0.2) is 24.4 Å². The van der Waals surface area contributed by atoms with Crippen LogP contribution in [0.2, 0.25) is 0 Å². The topological polar surface area (TPSA) is 59.1 Å². The summed E-state index contributed by atoms with van der Waals surface area (Å²) in [6, 6.07) is 5.43. The summed E-state index contributed by atoms with van der Waals surface area (Å²) in [5.74, 6) is 0. The molecule has 0 aromatic carbocycles. The maximum atomic E-state index is 9.41. The maximum Gasteiger partial charge on any atom is 0.0743 e. The molecule has 66 valence electrons. The molecule has 0 amide bonds. The number of rotatable bonds is 3.